The second-order valence-electron chi connectivity index (χ2n) is 5.40. The molecule has 2 aromatic heterocycles. The zero-order chi connectivity index (χ0) is 16.2. The van der Waals surface area contributed by atoms with Crippen LogP contribution in [0.1, 0.15) is 35.3 Å². The van der Waals surface area contributed by atoms with Crippen LogP contribution >= 0.6 is 23.1 Å². The van der Waals surface area contributed by atoms with Gasteiger partial charge in [0, 0.05) is 24.1 Å². The summed E-state index contributed by atoms with van der Waals surface area (Å²) in [6, 6.07) is 2.26. The number of hydrogen-bond donors (Lipinski definition) is 1. The molecule has 2 heterocycles. The molecule has 6 nitrogen and oxygen atoms in total. The van der Waals surface area contributed by atoms with E-state index in [1.54, 1.807) is 17.7 Å². The van der Waals surface area contributed by atoms with Crippen molar-refractivity contribution in [3.63, 3.8) is 0 Å². The van der Waals surface area contributed by atoms with Crippen LogP contribution in [0.5, 0.6) is 0 Å². The second kappa shape index (κ2) is 7.15. The molecule has 0 atom stereocenters. The zero-order valence-electron chi connectivity index (χ0n) is 12.8. The van der Waals surface area contributed by atoms with Gasteiger partial charge in [0.25, 0.3) is 0 Å². The Hall–Kier alpha value is -1.85. The van der Waals surface area contributed by atoms with E-state index in [0.717, 1.165) is 30.0 Å². The lowest BCUT2D eigenvalue weighted by Crippen LogP contribution is -2.12. The van der Waals surface area contributed by atoms with Crippen molar-refractivity contribution in [3.8, 4) is 6.07 Å². The highest BCUT2D eigenvalue weighted by molar-refractivity contribution is 7.99. The average Bonchev–Trinajstić information content (AvgIpc) is 3.10. The summed E-state index contributed by atoms with van der Waals surface area (Å²) in [4.78, 5) is 13.4. The minimum atomic E-state index is -0.0604. The molecule has 2 aromatic rings. The Kier molecular flexibility index (Phi) is 4.98. The Morgan fingerprint density at radius 3 is 3.09 bits per heavy atom. The molecular weight excluding hydrogens is 330 g/mol. The van der Waals surface area contributed by atoms with Crippen molar-refractivity contribution in [2.24, 2.45) is 7.05 Å². The highest BCUT2D eigenvalue weighted by atomic mass is 32.2. The van der Waals surface area contributed by atoms with Crippen LogP contribution in [0.3, 0.4) is 0 Å². The number of carbonyl (C=O) groups excluding carboxylic acids is 1. The highest BCUT2D eigenvalue weighted by Crippen LogP contribution is 2.37. The quantitative estimate of drug-likeness (QED) is 0.841. The summed E-state index contributed by atoms with van der Waals surface area (Å²) in [5.74, 6) is 0.570. The molecule has 1 N–H and O–H groups in total. The van der Waals surface area contributed by atoms with E-state index in [2.05, 4.69) is 21.6 Å². The number of aryl methyl sites for hydroxylation is 2. The molecular formula is C15H17N5OS2. The number of fused-ring (bicyclic) bond motifs is 1. The summed E-state index contributed by atoms with van der Waals surface area (Å²) in [5.41, 5.74) is 1.81. The smallest absolute Gasteiger partial charge is 0.225 e. The molecule has 0 aliphatic heterocycles. The van der Waals surface area contributed by atoms with Gasteiger partial charge in [-0.05, 0) is 31.2 Å². The molecule has 1 aliphatic rings. The first-order valence-electron chi connectivity index (χ1n) is 7.50. The standard InChI is InChI=1S/C15H17N5OS2/c1-20-9-17-19-15(20)22-7-6-13(21)18-14-11(8-16)10-4-2-3-5-12(10)23-14/h9H,2-7H2,1H3,(H,18,21). The van der Waals surface area contributed by atoms with Gasteiger partial charge in [-0.15, -0.1) is 21.5 Å². The third-order valence-electron chi connectivity index (χ3n) is 3.77. The van der Waals surface area contributed by atoms with Gasteiger partial charge in [0.2, 0.25) is 5.91 Å². The Morgan fingerprint density at radius 1 is 1.52 bits per heavy atom. The molecule has 0 spiro atoms. The van der Waals surface area contributed by atoms with Crippen LogP contribution in [0, 0.1) is 11.3 Å². The third kappa shape index (κ3) is 3.57. The van der Waals surface area contributed by atoms with Gasteiger partial charge in [-0.2, -0.15) is 5.26 Å². The van der Waals surface area contributed by atoms with Crippen molar-refractivity contribution >= 4 is 34.0 Å². The molecule has 0 unspecified atom stereocenters. The minimum absolute atomic E-state index is 0.0604. The summed E-state index contributed by atoms with van der Waals surface area (Å²) >= 11 is 3.06. The molecule has 0 saturated heterocycles. The van der Waals surface area contributed by atoms with E-state index in [4.69, 9.17) is 0 Å². The number of anilines is 1. The number of nitriles is 1. The van der Waals surface area contributed by atoms with E-state index in [1.807, 2.05) is 11.6 Å². The number of nitrogens with one attached hydrogen (secondary N) is 1. The van der Waals surface area contributed by atoms with Gasteiger partial charge in [-0.1, -0.05) is 11.8 Å². The van der Waals surface area contributed by atoms with Crippen molar-refractivity contribution in [3.05, 3.63) is 22.3 Å². The van der Waals surface area contributed by atoms with Crippen molar-refractivity contribution in [2.45, 2.75) is 37.3 Å². The van der Waals surface area contributed by atoms with Crippen LogP contribution in [0.4, 0.5) is 5.00 Å². The van der Waals surface area contributed by atoms with Crippen LogP contribution < -0.4 is 5.32 Å². The van der Waals surface area contributed by atoms with Crippen molar-refractivity contribution in [1.82, 2.24) is 14.8 Å². The first-order chi connectivity index (χ1) is 11.2. The second-order valence-corrected chi connectivity index (χ2v) is 7.57. The van der Waals surface area contributed by atoms with Crippen molar-refractivity contribution < 1.29 is 4.79 Å². The average molecular weight is 347 g/mol. The van der Waals surface area contributed by atoms with Gasteiger partial charge in [-0.25, -0.2) is 0 Å². The number of thiophene rings is 1. The predicted molar refractivity (Wildman–Crippen MR) is 90.6 cm³/mol. The van der Waals surface area contributed by atoms with E-state index < -0.39 is 0 Å². The van der Waals surface area contributed by atoms with E-state index in [0.29, 0.717) is 22.7 Å². The van der Waals surface area contributed by atoms with Gasteiger partial charge in [0.1, 0.15) is 17.4 Å². The number of carbonyl (C=O) groups is 1. The Labute approximate surface area is 142 Å². The summed E-state index contributed by atoms with van der Waals surface area (Å²) in [7, 11) is 1.87. The zero-order valence-corrected chi connectivity index (χ0v) is 14.5. The monoisotopic (exact) mass is 347 g/mol. The Morgan fingerprint density at radius 2 is 2.35 bits per heavy atom. The van der Waals surface area contributed by atoms with Gasteiger partial charge >= 0.3 is 0 Å². The fraction of sp³-hybridized carbons (Fsp3) is 0.467. The first kappa shape index (κ1) is 16.0. The maximum atomic E-state index is 12.1. The normalized spacial score (nSPS) is 13.4. The lowest BCUT2D eigenvalue weighted by atomic mass is 9.96. The summed E-state index contributed by atoms with van der Waals surface area (Å²) in [6.45, 7) is 0. The summed E-state index contributed by atoms with van der Waals surface area (Å²) < 4.78 is 1.82. The topological polar surface area (TPSA) is 83.6 Å². The Bertz CT molecular complexity index is 758. The molecule has 0 fully saturated rings. The third-order valence-corrected chi connectivity index (χ3v) is 6.01. The maximum Gasteiger partial charge on any atom is 0.225 e. The SMILES string of the molecule is Cn1cnnc1SCCC(=O)Nc1sc2c(c1C#N)CCCC2. The van der Waals surface area contributed by atoms with Gasteiger partial charge < -0.3 is 9.88 Å². The number of hydrogen-bond acceptors (Lipinski definition) is 6. The van der Waals surface area contributed by atoms with E-state index in [9.17, 15) is 10.1 Å². The molecule has 0 bridgehead atoms. The van der Waals surface area contributed by atoms with Crippen LogP contribution in [0.2, 0.25) is 0 Å². The fourth-order valence-corrected chi connectivity index (χ4v) is 4.68. The van der Waals surface area contributed by atoms with Crippen LogP contribution in [0.15, 0.2) is 11.5 Å². The van der Waals surface area contributed by atoms with Crippen LogP contribution in [-0.2, 0) is 24.7 Å². The molecule has 0 aromatic carbocycles. The highest BCUT2D eigenvalue weighted by Gasteiger charge is 2.21. The molecule has 8 heteroatoms. The molecule has 0 saturated carbocycles. The van der Waals surface area contributed by atoms with Crippen LogP contribution in [0.25, 0.3) is 0 Å². The van der Waals surface area contributed by atoms with Crippen molar-refractivity contribution in [1.29, 1.82) is 5.26 Å². The Balaban J connectivity index is 1.59. The largest absolute Gasteiger partial charge is 0.317 e. The molecule has 3 rings (SSSR count). The van der Waals surface area contributed by atoms with E-state index in [-0.39, 0.29) is 5.91 Å². The van der Waals surface area contributed by atoms with E-state index >= 15 is 0 Å². The number of nitrogens with zero attached hydrogens (tertiary/aromatic N) is 4. The molecule has 1 amide bonds. The van der Waals surface area contributed by atoms with Crippen LogP contribution in [-0.4, -0.2) is 26.4 Å². The lowest BCUT2D eigenvalue weighted by Gasteiger charge is -2.09. The summed E-state index contributed by atoms with van der Waals surface area (Å²) in [6.07, 6.45) is 6.28. The van der Waals surface area contributed by atoms with E-state index in [1.165, 1.54) is 23.1 Å². The molecule has 120 valence electrons. The molecule has 1 aliphatic carbocycles. The lowest BCUT2D eigenvalue weighted by molar-refractivity contribution is -0.115. The fourth-order valence-electron chi connectivity index (χ4n) is 2.60. The number of amides is 1. The van der Waals surface area contributed by atoms with Gasteiger partial charge in [-0.3, -0.25) is 4.79 Å². The predicted octanol–water partition coefficient (Wildman–Crippen LogP) is 2.75. The first-order valence-corrected chi connectivity index (χ1v) is 9.30. The number of aromatic nitrogens is 3. The van der Waals surface area contributed by atoms with Crippen molar-refractivity contribution in [2.75, 3.05) is 11.1 Å². The number of rotatable bonds is 5. The van der Waals surface area contributed by atoms with Gasteiger partial charge in [0.15, 0.2) is 5.16 Å². The maximum absolute atomic E-state index is 12.1. The summed E-state index contributed by atoms with van der Waals surface area (Å²) in [5, 5.41) is 21.6. The van der Waals surface area contributed by atoms with Gasteiger partial charge in [0.05, 0.1) is 5.56 Å². The number of thioether (sulfide) groups is 1. The molecule has 0 radical (unpaired) electrons. The molecule has 23 heavy (non-hydrogen) atoms. The minimum Gasteiger partial charge on any atom is -0.317 e.